The van der Waals surface area contributed by atoms with Crippen LogP contribution in [0, 0.1) is 5.41 Å². The largest absolute Gasteiger partial charge is 0.463 e. The summed E-state index contributed by atoms with van der Waals surface area (Å²) in [4.78, 5) is 80.7. The predicted octanol–water partition coefficient (Wildman–Crippen LogP) is 12.2. The van der Waals surface area contributed by atoms with E-state index in [1.807, 2.05) is 263 Å². The fourth-order valence-corrected chi connectivity index (χ4v) is 11.3. The van der Waals surface area contributed by atoms with Crippen molar-refractivity contribution in [1.29, 1.82) is 0 Å². The average molecular weight is 1210 g/mol. The van der Waals surface area contributed by atoms with E-state index in [2.05, 4.69) is 0 Å². The quantitative estimate of drug-likeness (QED) is 0.0202. The van der Waals surface area contributed by atoms with Gasteiger partial charge in [0.15, 0.2) is 0 Å². The van der Waals surface area contributed by atoms with E-state index in [4.69, 9.17) is 38.3 Å². The molecule has 0 amide bonds. The van der Waals surface area contributed by atoms with E-state index in [1.165, 1.54) is 0 Å². The summed E-state index contributed by atoms with van der Waals surface area (Å²) in [6.07, 6.45) is -5.99. The number of benzene rings is 8. The van der Waals surface area contributed by atoms with Crippen LogP contribution in [0.2, 0.25) is 0 Å². The Labute approximate surface area is 522 Å². The Kier molecular flexibility index (Phi) is 28.2. The maximum Gasteiger partial charge on any atom is 0.293 e. The number of hydrogen-bond donors (Lipinski definition) is 0. The summed E-state index contributed by atoms with van der Waals surface area (Å²) in [7, 11) is 0. The zero-order valence-electron chi connectivity index (χ0n) is 50.2. The smallest absolute Gasteiger partial charge is 0.293 e. The summed E-state index contributed by atoms with van der Waals surface area (Å²) in [5.74, 6) is 0. The molecule has 0 aliphatic rings. The molecule has 16 nitrogen and oxygen atoms in total. The fraction of sp³-hybridized carbons (Fsp3) is 0.288. The lowest BCUT2D eigenvalue weighted by Crippen LogP contribution is -2.64. The lowest BCUT2D eigenvalue weighted by atomic mass is 9.64. The number of carbonyl (C=O) groups excluding carboxylic acids is 4. The molecular formula is C73H80N4O12. The van der Waals surface area contributed by atoms with Crippen LogP contribution in [0.4, 0.5) is 0 Å². The summed E-state index contributed by atoms with van der Waals surface area (Å²) in [6.45, 7) is 3.86. The molecule has 16 heteroatoms. The van der Waals surface area contributed by atoms with Crippen molar-refractivity contribution < 1.29 is 57.5 Å². The van der Waals surface area contributed by atoms with E-state index in [-0.39, 0.29) is 52.1 Å². The molecule has 8 aromatic carbocycles. The normalized spacial score (nSPS) is 13.4. The highest BCUT2D eigenvalue weighted by Crippen LogP contribution is 2.47. The zero-order valence-corrected chi connectivity index (χ0v) is 50.2. The molecule has 464 valence electrons. The molecule has 0 fully saturated rings. The van der Waals surface area contributed by atoms with Crippen molar-refractivity contribution in [2.45, 2.75) is 102 Å². The molecule has 0 saturated carbocycles. The highest BCUT2D eigenvalue weighted by atomic mass is 16.7. The van der Waals surface area contributed by atoms with E-state index in [0.29, 0.717) is 78.2 Å². The highest BCUT2D eigenvalue weighted by molar-refractivity contribution is 5.42. The molecule has 0 saturated heterocycles. The molecule has 0 radical (unpaired) electrons. The fourth-order valence-electron chi connectivity index (χ4n) is 11.3. The number of nitrogens with zero attached hydrogens (tertiary/aromatic N) is 4. The van der Waals surface area contributed by atoms with Crippen LogP contribution in [0.3, 0.4) is 0 Å². The molecule has 8 rings (SSSR count). The minimum atomic E-state index is -1.97. The van der Waals surface area contributed by atoms with Crippen LogP contribution >= 0.6 is 0 Å². The molecule has 0 heterocycles. The second-order valence-electron chi connectivity index (χ2n) is 21.4. The van der Waals surface area contributed by atoms with Crippen molar-refractivity contribution in [2.75, 3.05) is 26.4 Å². The number of hydroxylamine groups is 8. The lowest BCUT2D eigenvalue weighted by molar-refractivity contribution is -0.249. The van der Waals surface area contributed by atoms with Gasteiger partial charge in [0.25, 0.3) is 25.9 Å². The van der Waals surface area contributed by atoms with Gasteiger partial charge < -0.3 is 18.9 Å². The van der Waals surface area contributed by atoms with Crippen molar-refractivity contribution in [3.63, 3.8) is 0 Å². The third-order valence-electron chi connectivity index (χ3n) is 15.3. The second-order valence-corrected chi connectivity index (χ2v) is 21.4. The number of ether oxygens (including phenoxy) is 4. The molecule has 0 N–H and O–H groups in total. The van der Waals surface area contributed by atoms with Gasteiger partial charge in [-0.2, -0.15) is 20.3 Å². The minimum absolute atomic E-state index is 0.0926. The Hall–Kier alpha value is -8.68. The van der Waals surface area contributed by atoms with Gasteiger partial charge in [-0.1, -0.05) is 243 Å². The van der Waals surface area contributed by atoms with Gasteiger partial charge in [0.1, 0.15) is 29.8 Å². The number of hydrogen-bond acceptors (Lipinski definition) is 16. The Morgan fingerprint density at radius 2 is 0.393 bits per heavy atom. The monoisotopic (exact) mass is 1200 g/mol. The first kappa shape index (κ1) is 66.3. The topological polar surface area (TPSA) is 155 Å². The van der Waals surface area contributed by atoms with Crippen LogP contribution < -0.4 is 0 Å². The summed E-state index contributed by atoms with van der Waals surface area (Å²) >= 11 is 0. The van der Waals surface area contributed by atoms with Gasteiger partial charge >= 0.3 is 0 Å². The third kappa shape index (κ3) is 21.8. The molecule has 0 aliphatic carbocycles. The predicted molar refractivity (Wildman–Crippen MR) is 337 cm³/mol. The van der Waals surface area contributed by atoms with Crippen molar-refractivity contribution in [2.24, 2.45) is 5.41 Å². The van der Waals surface area contributed by atoms with E-state index in [0.717, 1.165) is 44.5 Å². The maximum atomic E-state index is 13.4. The van der Waals surface area contributed by atoms with E-state index >= 15 is 0 Å². The molecular weight excluding hydrogens is 1120 g/mol. The molecule has 89 heavy (non-hydrogen) atoms. The van der Waals surface area contributed by atoms with Gasteiger partial charge in [-0.05, 0) is 44.5 Å². The SMILES string of the molecule is O=COC(CCON(Cc1ccccc1)Cc1ccccc1)C(C(CCON(Cc1ccccc1)Cc1ccccc1)OC=O)(C(CCON(Cc1ccccc1)Cc1ccccc1)OC=O)C(CCON(Cc1ccccc1)Cc1ccccc1)OC=O. The van der Waals surface area contributed by atoms with Gasteiger partial charge in [0.05, 0.1) is 26.4 Å². The molecule has 0 aromatic heterocycles. The molecule has 0 bridgehead atoms. The number of carbonyl (C=O) groups is 4. The summed E-state index contributed by atoms with van der Waals surface area (Å²) in [5.41, 5.74) is 5.87. The van der Waals surface area contributed by atoms with Crippen LogP contribution in [0.1, 0.15) is 70.2 Å². The second kappa shape index (κ2) is 37.9. The van der Waals surface area contributed by atoms with Crippen LogP contribution in [-0.4, -0.2) is 97.0 Å². The molecule has 8 aromatic rings. The summed E-state index contributed by atoms with van der Waals surface area (Å²) in [6, 6.07) is 78.9. The van der Waals surface area contributed by atoms with Gasteiger partial charge in [-0.3, -0.25) is 38.5 Å². The Bertz CT molecular complexity index is 2590. The van der Waals surface area contributed by atoms with Crippen LogP contribution in [0.5, 0.6) is 0 Å². The Morgan fingerprint density at radius 1 is 0.247 bits per heavy atom. The first-order valence-corrected chi connectivity index (χ1v) is 30.1. The standard InChI is InChI=1S/C73H80N4O12/c78-57-82-69(41-45-86-74(49-61-25-9-1-10-26-61)50-62-27-11-2-12-28-62)73(70(83-58-79)42-46-87-75(51-63-29-13-3-14-30-63)52-64-31-15-4-16-32-64,71(84-59-80)43-47-88-76(53-65-33-17-5-18-34-65)54-66-35-19-6-20-36-66)72(85-60-81)44-48-89-77(55-67-37-21-7-22-38-67)56-68-39-23-8-24-40-68/h1-40,57-60,69-72H,41-56H2. The van der Waals surface area contributed by atoms with Crippen LogP contribution in [-0.2, 0) is 110 Å². The third-order valence-corrected chi connectivity index (χ3v) is 15.3. The Morgan fingerprint density at radius 3 is 0.528 bits per heavy atom. The molecule has 0 aliphatic heterocycles. The van der Waals surface area contributed by atoms with Crippen molar-refractivity contribution in [3.8, 4) is 0 Å². The van der Waals surface area contributed by atoms with Crippen molar-refractivity contribution in [3.05, 3.63) is 287 Å². The first-order valence-electron chi connectivity index (χ1n) is 30.1. The van der Waals surface area contributed by atoms with Gasteiger partial charge in [0, 0.05) is 78.0 Å². The molecule has 4 atom stereocenters. The van der Waals surface area contributed by atoms with Crippen LogP contribution in [0.15, 0.2) is 243 Å². The van der Waals surface area contributed by atoms with Gasteiger partial charge in [-0.25, -0.2) is 0 Å². The lowest BCUT2D eigenvalue weighted by Gasteiger charge is -2.51. The summed E-state index contributed by atoms with van der Waals surface area (Å²) < 4.78 is 25.4. The minimum Gasteiger partial charge on any atom is -0.463 e. The number of rotatable bonds is 44. The van der Waals surface area contributed by atoms with E-state index < -0.39 is 29.8 Å². The van der Waals surface area contributed by atoms with E-state index in [1.54, 1.807) is 0 Å². The maximum absolute atomic E-state index is 13.4. The first-order chi connectivity index (χ1) is 43.9. The van der Waals surface area contributed by atoms with Gasteiger partial charge in [-0.15, -0.1) is 0 Å². The van der Waals surface area contributed by atoms with Crippen molar-refractivity contribution in [1.82, 2.24) is 20.3 Å². The van der Waals surface area contributed by atoms with Gasteiger partial charge in [0.2, 0.25) is 0 Å². The van der Waals surface area contributed by atoms with Crippen LogP contribution in [0.25, 0.3) is 0 Å². The average Bonchev–Trinajstić information content (AvgIpc) is 1.09. The summed E-state index contributed by atoms with van der Waals surface area (Å²) in [5, 5.41) is 7.25. The molecule has 0 spiro atoms. The highest BCUT2D eigenvalue weighted by Gasteiger charge is 2.61. The Balaban J connectivity index is 1.21. The van der Waals surface area contributed by atoms with Crippen molar-refractivity contribution >= 4 is 25.9 Å². The van der Waals surface area contributed by atoms with E-state index in [9.17, 15) is 19.2 Å². The zero-order chi connectivity index (χ0) is 61.8. The molecule has 4 unspecified atom stereocenters.